The standard InChI is InChI=1S/C45H50F13NO6/c1-3-4-5-6-7-8-9-10-11-12-13-14-15-30(2)64-38(61)32-18-23-35(24-19-32)65-39(62)31-16-21-34(22-17-31)59-29-33-20-25-36(28-37(33)60)63-27-26-40(46,47)41(48,49)42(50,51)43(52,53)44(54,55)45(56,57)58/h16-25,28-30,60H,3-15,26-27H2,1-2H3. The Bertz CT molecular complexity index is 1990. The van der Waals surface area contributed by atoms with Crippen LogP contribution in [0.25, 0.3) is 0 Å². The number of benzene rings is 3. The Morgan fingerprint density at radius 1 is 0.615 bits per heavy atom. The van der Waals surface area contributed by atoms with Gasteiger partial charge in [0.2, 0.25) is 0 Å². The predicted molar refractivity (Wildman–Crippen MR) is 215 cm³/mol. The van der Waals surface area contributed by atoms with Crippen molar-refractivity contribution in [3.63, 3.8) is 0 Å². The Labute approximate surface area is 367 Å². The molecule has 3 aromatic rings. The quantitative estimate of drug-likeness (QED) is 0.0269. The fraction of sp³-hybridized carbons (Fsp3) is 0.533. The van der Waals surface area contributed by atoms with E-state index in [2.05, 4.69) is 16.7 Å². The van der Waals surface area contributed by atoms with Crippen LogP contribution >= 0.6 is 0 Å². The molecule has 0 aromatic heterocycles. The van der Waals surface area contributed by atoms with Crippen LogP contribution in [-0.2, 0) is 4.74 Å². The van der Waals surface area contributed by atoms with Crippen LogP contribution in [0.5, 0.6) is 17.2 Å². The highest BCUT2D eigenvalue weighted by Gasteiger charge is 2.90. The minimum absolute atomic E-state index is 0.0634. The third-order valence-corrected chi connectivity index (χ3v) is 10.2. The van der Waals surface area contributed by atoms with Gasteiger partial charge in [-0.1, -0.05) is 77.6 Å². The van der Waals surface area contributed by atoms with Crippen LogP contribution in [0.3, 0.4) is 0 Å². The lowest BCUT2D eigenvalue weighted by atomic mass is 9.93. The highest BCUT2D eigenvalue weighted by Crippen LogP contribution is 2.60. The molecule has 1 atom stereocenters. The molecule has 0 aliphatic carbocycles. The molecule has 0 bridgehead atoms. The first kappa shape index (κ1) is 54.3. The van der Waals surface area contributed by atoms with Gasteiger partial charge in [0.1, 0.15) is 17.2 Å². The number of aromatic hydroxyl groups is 1. The lowest BCUT2D eigenvalue weighted by Gasteiger charge is -2.39. The number of esters is 2. The number of hydrogen-bond acceptors (Lipinski definition) is 7. The van der Waals surface area contributed by atoms with Crippen LogP contribution in [0.1, 0.15) is 130 Å². The number of alkyl halides is 13. The van der Waals surface area contributed by atoms with Crippen molar-refractivity contribution in [2.45, 2.75) is 146 Å². The maximum atomic E-state index is 14.1. The van der Waals surface area contributed by atoms with E-state index in [0.717, 1.165) is 44.0 Å². The fourth-order valence-electron chi connectivity index (χ4n) is 6.21. The first-order valence-electron chi connectivity index (χ1n) is 20.9. The Morgan fingerprint density at radius 3 is 1.62 bits per heavy atom. The number of phenolic OH excluding ortho intramolecular Hbond substituents is 1. The largest absolute Gasteiger partial charge is 0.507 e. The summed E-state index contributed by atoms with van der Waals surface area (Å²) < 4.78 is 189. The van der Waals surface area contributed by atoms with Crippen molar-refractivity contribution in [1.29, 1.82) is 0 Å². The summed E-state index contributed by atoms with van der Waals surface area (Å²) in [5.41, 5.74) is 0.545. The van der Waals surface area contributed by atoms with Gasteiger partial charge in [0.25, 0.3) is 0 Å². The normalized spacial score (nSPS) is 13.5. The maximum Gasteiger partial charge on any atom is 0.460 e. The molecule has 1 N–H and O–H groups in total. The van der Waals surface area contributed by atoms with Crippen LogP contribution in [0.2, 0.25) is 0 Å². The van der Waals surface area contributed by atoms with Crippen molar-refractivity contribution < 1.29 is 86.0 Å². The highest BCUT2D eigenvalue weighted by molar-refractivity contribution is 5.92. The SMILES string of the molecule is CCCCCCCCCCCCCCC(C)OC(=O)c1ccc(OC(=O)c2ccc(N=Cc3ccc(OCCC(F)(F)C(F)(F)C(F)(F)C(F)(F)C(F)(F)C(F)(F)F)cc3O)cc2)cc1. The molecule has 0 spiro atoms. The number of carbonyl (C=O) groups excluding carboxylic acids is 2. The lowest BCUT2D eigenvalue weighted by Crippen LogP contribution is -2.70. The van der Waals surface area contributed by atoms with Gasteiger partial charge >= 0.3 is 47.7 Å². The van der Waals surface area contributed by atoms with E-state index < -0.39 is 72.3 Å². The number of rotatable bonds is 27. The van der Waals surface area contributed by atoms with Crippen LogP contribution in [0.15, 0.2) is 71.7 Å². The molecule has 0 amide bonds. The maximum absolute atomic E-state index is 14.1. The second-order valence-corrected chi connectivity index (χ2v) is 15.4. The zero-order valence-corrected chi connectivity index (χ0v) is 35.5. The molecule has 3 aromatic carbocycles. The topological polar surface area (TPSA) is 94.4 Å². The summed E-state index contributed by atoms with van der Waals surface area (Å²) >= 11 is 0. The van der Waals surface area contributed by atoms with Crippen molar-refractivity contribution in [2.24, 2.45) is 4.99 Å². The predicted octanol–water partition coefficient (Wildman–Crippen LogP) is 14.5. The lowest BCUT2D eigenvalue weighted by molar-refractivity contribution is -0.440. The van der Waals surface area contributed by atoms with Gasteiger partial charge in [0.05, 0.1) is 35.9 Å². The van der Waals surface area contributed by atoms with Crippen molar-refractivity contribution in [2.75, 3.05) is 6.61 Å². The van der Waals surface area contributed by atoms with Crippen molar-refractivity contribution in [3.05, 3.63) is 83.4 Å². The molecule has 0 fully saturated rings. The summed E-state index contributed by atoms with van der Waals surface area (Å²) in [5.74, 6) is -39.8. The molecule has 65 heavy (non-hydrogen) atoms. The Kier molecular flexibility index (Phi) is 19.6. The number of nitrogens with zero attached hydrogens (tertiary/aromatic N) is 1. The molecule has 20 heteroatoms. The molecule has 3 rings (SSSR count). The summed E-state index contributed by atoms with van der Waals surface area (Å²) in [4.78, 5) is 29.5. The summed E-state index contributed by atoms with van der Waals surface area (Å²) in [6, 6.07) is 14.0. The smallest absolute Gasteiger partial charge is 0.460 e. The molecule has 0 radical (unpaired) electrons. The summed E-state index contributed by atoms with van der Waals surface area (Å²) in [6.45, 7) is 2.36. The minimum atomic E-state index is -8.00. The average Bonchev–Trinajstić information content (AvgIpc) is 3.23. The second-order valence-electron chi connectivity index (χ2n) is 15.4. The van der Waals surface area contributed by atoms with Gasteiger partial charge in [-0.05, 0) is 80.4 Å². The molecular weight excluding hydrogens is 897 g/mol. The number of hydrogen-bond donors (Lipinski definition) is 1. The van der Waals surface area contributed by atoms with E-state index in [1.165, 1.54) is 106 Å². The third kappa shape index (κ3) is 14.5. The van der Waals surface area contributed by atoms with Gasteiger partial charge in [-0.25, -0.2) is 9.59 Å². The third-order valence-electron chi connectivity index (χ3n) is 10.2. The van der Waals surface area contributed by atoms with E-state index in [1.54, 1.807) is 0 Å². The van der Waals surface area contributed by atoms with Crippen molar-refractivity contribution in [1.82, 2.24) is 0 Å². The van der Waals surface area contributed by atoms with E-state index in [9.17, 15) is 71.8 Å². The fourth-order valence-corrected chi connectivity index (χ4v) is 6.21. The molecule has 7 nitrogen and oxygen atoms in total. The zero-order chi connectivity index (χ0) is 48.7. The minimum Gasteiger partial charge on any atom is -0.507 e. The molecule has 0 saturated carbocycles. The molecule has 0 aliphatic rings. The van der Waals surface area contributed by atoms with E-state index in [0.29, 0.717) is 6.07 Å². The van der Waals surface area contributed by atoms with Gasteiger partial charge in [0.15, 0.2) is 0 Å². The molecule has 362 valence electrons. The summed E-state index contributed by atoms with van der Waals surface area (Å²) in [7, 11) is 0. The molecule has 0 aliphatic heterocycles. The van der Waals surface area contributed by atoms with Gasteiger partial charge < -0.3 is 19.3 Å². The Morgan fingerprint density at radius 2 is 1.09 bits per heavy atom. The van der Waals surface area contributed by atoms with Gasteiger partial charge in [-0.3, -0.25) is 4.99 Å². The van der Waals surface area contributed by atoms with Crippen molar-refractivity contribution in [3.8, 4) is 17.2 Å². The van der Waals surface area contributed by atoms with Crippen LogP contribution < -0.4 is 9.47 Å². The van der Waals surface area contributed by atoms with Crippen LogP contribution in [0.4, 0.5) is 62.8 Å². The van der Waals surface area contributed by atoms with E-state index in [4.69, 9.17) is 9.47 Å². The summed E-state index contributed by atoms with van der Waals surface area (Å²) in [5, 5.41) is 10.3. The number of ether oxygens (including phenoxy) is 3. The van der Waals surface area contributed by atoms with Crippen LogP contribution in [0, 0.1) is 0 Å². The first-order valence-corrected chi connectivity index (χ1v) is 20.9. The highest BCUT2D eigenvalue weighted by atomic mass is 19.4. The van der Waals surface area contributed by atoms with Crippen LogP contribution in [-0.4, -0.2) is 71.8 Å². The number of aliphatic imine (C=N–C) groups is 1. The number of phenols is 1. The Hall–Kier alpha value is -5.04. The molecule has 1 unspecified atom stereocenters. The first-order chi connectivity index (χ1) is 30.3. The van der Waals surface area contributed by atoms with Gasteiger partial charge in [0, 0.05) is 17.8 Å². The van der Waals surface area contributed by atoms with Gasteiger partial charge in [-0.15, -0.1) is 0 Å². The summed E-state index contributed by atoms with van der Waals surface area (Å²) in [6.07, 6.45) is 6.22. The number of unbranched alkanes of at least 4 members (excludes halogenated alkanes) is 11. The van der Waals surface area contributed by atoms with Gasteiger partial charge in [-0.2, -0.15) is 57.1 Å². The Balaban J connectivity index is 1.45. The zero-order valence-electron chi connectivity index (χ0n) is 35.5. The van der Waals surface area contributed by atoms with E-state index >= 15 is 0 Å². The average molecular weight is 948 g/mol. The van der Waals surface area contributed by atoms with E-state index in [-0.39, 0.29) is 34.2 Å². The molecule has 0 heterocycles. The monoisotopic (exact) mass is 947 g/mol. The molecular formula is C45H50F13NO6. The van der Waals surface area contributed by atoms with E-state index in [1.807, 2.05) is 6.92 Å². The number of halogens is 13. The second kappa shape index (κ2) is 23.4. The molecule has 0 saturated heterocycles. The van der Waals surface area contributed by atoms with Crippen molar-refractivity contribution >= 4 is 23.8 Å². The number of carbonyl (C=O) groups is 2.